The molecule has 1 aliphatic heterocycles. The number of hydrogen-bond donors (Lipinski definition) is 2. The van der Waals surface area contributed by atoms with Gasteiger partial charge in [0.2, 0.25) is 0 Å². The van der Waals surface area contributed by atoms with Crippen molar-refractivity contribution in [1.82, 2.24) is 10.6 Å². The standard InChI is InChI=1S/C12H24N2/c1-6-7-13-10-8-11(2,3)14-12(4,5)9-10/h6,10,13-14H,1,7-9H2,2-5H3. The molecule has 0 spiro atoms. The average Bonchev–Trinajstić information content (AvgIpc) is 1.94. The summed E-state index contributed by atoms with van der Waals surface area (Å²) >= 11 is 0. The van der Waals surface area contributed by atoms with Crippen LogP contribution in [0.5, 0.6) is 0 Å². The van der Waals surface area contributed by atoms with Gasteiger partial charge >= 0.3 is 0 Å². The molecule has 0 atom stereocenters. The molecule has 0 radical (unpaired) electrons. The zero-order valence-corrected chi connectivity index (χ0v) is 9.98. The van der Waals surface area contributed by atoms with Crippen molar-refractivity contribution < 1.29 is 0 Å². The van der Waals surface area contributed by atoms with Gasteiger partial charge in [-0.3, -0.25) is 0 Å². The van der Waals surface area contributed by atoms with Gasteiger partial charge in [-0.2, -0.15) is 0 Å². The smallest absolute Gasteiger partial charge is 0.0144 e. The van der Waals surface area contributed by atoms with Crippen molar-refractivity contribution in [2.45, 2.75) is 57.7 Å². The van der Waals surface area contributed by atoms with Crippen molar-refractivity contribution in [2.24, 2.45) is 0 Å². The Labute approximate surface area is 88.2 Å². The number of nitrogens with one attached hydrogen (secondary N) is 2. The maximum Gasteiger partial charge on any atom is 0.0144 e. The Balaban J connectivity index is 2.57. The van der Waals surface area contributed by atoms with Crippen LogP contribution in [0.3, 0.4) is 0 Å². The number of hydrogen-bond acceptors (Lipinski definition) is 2. The van der Waals surface area contributed by atoms with Crippen molar-refractivity contribution in [3.8, 4) is 0 Å². The highest BCUT2D eigenvalue weighted by Gasteiger charge is 2.36. The van der Waals surface area contributed by atoms with E-state index in [-0.39, 0.29) is 11.1 Å². The van der Waals surface area contributed by atoms with Gasteiger partial charge in [0.25, 0.3) is 0 Å². The first-order chi connectivity index (χ1) is 6.35. The molecule has 2 nitrogen and oxygen atoms in total. The Morgan fingerprint density at radius 3 is 2.21 bits per heavy atom. The quantitative estimate of drug-likeness (QED) is 0.675. The Kier molecular flexibility index (Phi) is 3.38. The van der Waals surface area contributed by atoms with Gasteiger partial charge in [-0.15, -0.1) is 6.58 Å². The van der Waals surface area contributed by atoms with Gasteiger partial charge in [-0.05, 0) is 40.5 Å². The topological polar surface area (TPSA) is 24.1 Å². The fourth-order valence-corrected chi connectivity index (χ4v) is 2.72. The molecular weight excluding hydrogens is 172 g/mol. The average molecular weight is 196 g/mol. The van der Waals surface area contributed by atoms with E-state index in [2.05, 4.69) is 44.9 Å². The lowest BCUT2D eigenvalue weighted by Crippen LogP contribution is -2.61. The van der Waals surface area contributed by atoms with Gasteiger partial charge in [0.15, 0.2) is 0 Å². The van der Waals surface area contributed by atoms with E-state index in [0.29, 0.717) is 6.04 Å². The van der Waals surface area contributed by atoms with E-state index in [4.69, 9.17) is 0 Å². The third kappa shape index (κ3) is 3.43. The van der Waals surface area contributed by atoms with Crippen molar-refractivity contribution >= 4 is 0 Å². The van der Waals surface area contributed by atoms with Crippen molar-refractivity contribution in [2.75, 3.05) is 6.54 Å². The minimum atomic E-state index is 0.237. The molecule has 14 heavy (non-hydrogen) atoms. The molecule has 0 aromatic heterocycles. The molecule has 82 valence electrons. The predicted octanol–water partition coefficient (Wildman–Crippen LogP) is 2.07. The maximum absolute atomic E-state index is 3.74. The summed E-state index contributed by atoms with van der Waals surface area (Å²) in [4.78, 5) is 0. The number of piperidine rings is 1. The van der Waals surface area contributed by atoms with Gasteiger partial charge in [-0.25, -0.2) is 0 Å². The molecule has 0 unspecified atom stereocenters. The second kappa shape index (κ2) is 4.03. The van der Waals surface area contributed by atoms with E-state index in [1.54, 1.807) is 0 Å². The molecule has 0 amide bonds. The molecule has 2 N–H and O–H groups in total. The summed E-state index contributed by atoms with van der Waals surface area (Å²) in [6, 6.07) is 0.610. The summed E-state index contributed by atoms with van der Waals surface area (Å²) in [5.74, 6) is 0. The van der Waals surface area contributed by atoms with Crippen LogP contribution >= 0.6 is 0 Å². The molecule has 1 aliphatic rings. The van der Waals surface area contributed by atoms with Crippen LogP contribution in [-0.4, -0.2) is 23.7 Å². The van der Waals surface area contributed by atoms with Crippen LogP contribution in [0.1, 0.15) is 40.5 Å². The normalized spacial score (nSPS) is 26.0. The highest BCUT2D eigenvalue weighted by atomic mass is 15.1. The fraction of sp³-hybridized carbons (Fsp3) is 0.833. The maximum atomic E-state index is 3.74. The summed E-state index contributed by atoms with van der Waals surface area (Å²) in [6.45, 7) is 13.8. The van der Waals surface area contributed by atoms with Gasteiger partial charge < -0.3 is 10.6 Å². The van der Waals surface area contributed by atoms with E-state index < -0.39 is 0 Å². The van der Waals surface area contributed by atoms with Crippen molar-refractivity contribution in [3.05, 3.63) is 12.7 Å². The number of rotatable bonds is 3. The molecular formula is C12H24N2. The molecule has 1 rings (SSSR count). The van der Waals surface area contributed by atoms with Crippen LogP contribution in [0.15, 0.2) is 12.7 Å². The lowest BCUT2D eigenvalue weighted by molar-refractivity contribution is 0.148. The Morgan fingerprint density at radius 2 is 1.79 bits per heavy atom. The zero-order chi connectivity index (χ0) is 10.8. The first kappa shape index (κ1) is 11.7. The fourth-order valence-electron chi connectivity index (χ4n) is 2.72. The minimum absolute atomic E-state index is 0.237. The molecule has 0 bridgehead atoms. The first-order valence-electron chi connectivity index (χ1n) is 5.48. The lowest BCUT2D eigenvalue weighted by Gasteiger charge is -2.46. The van der Waals surface area contributed by atoms with Crippen LogP contribution in [-0.2, 0) is 0 Å². The third-order valence-corrected chi connectivity index (χ3v) is 2.74. The Hall–Kier alpha value is -0.340. The van der Waals surface area contributed by atoms with Gasteiger partial charge in [0.05, 0.1) is 0 Å². The molecule has 2 heteroatoms. The second-order valence-corrected chi connectivity index (χ2v) is 5.69. The summed E-state index contributed by atoms with van der Waals surface area (Å²) in [7, 11) is 0. The SMILES string of the molecule is C=CCNC1CC(C)(C)NC(C)(C)C1. The highest BCUT2D eigenvalue weighted by Crippen LogP contribution is 2.28. The van der Waals surface area contributed by atoms with E-state index >= 15 is 0 Å². The Morgan fingerprint density at radius 1 is 1.29 bits per heavy atom. The van der Waals surface area contributed by atoms with Gasteiger partial charge in [-0.1, -0.05) is 6.08 Å². The zero-order valence-electron chi connectivity index (χ0n) is 9.98. The van der Waals surface area contributed by atoms with Crippen LogP contribution in [0.25, 0.3) is 0 Å². The van der Waals surface area contributed by atoms with E-state index in [9.17, 15) is 0 Å². The van der Waals surface area contributed by atoms with Crippen LogP contribution in [0, 0.1) is 0 Å². The summed E-state index contributed by atoms with van der Waals surface area (Å²) in [6.07, 6.45) is 4.30. The van der Waals surface area contributed by atoms with Gasteiger partial charge in [0, 0.05) is 23.7 Å². The largest absolute Gasteiger partial charge is 0.310 e. The minimum Gasteiger partial charge on any atom is -0.310 e. The predicted molar refractivity (Wildman–Crippen MR) is 62.5 cm³/mol. The molecule has 1 fully saturated rings. The lowest BCUT2D eigenvalue weighted by atomic mass is 9.79. The monoisotopic (exact) mass is 196 g/mol. The molecule has 1 heterocycles. The molecule has 0 aromatic rings. The van der Waals surface area contributed by atoms with E-state index in [1.165, 1.54) is 12.8 Å². The molecule has 1 saturated heterocycles. The van der Waals surface area contributed by atoms with Crippen molar-refractivity contribution in [1.29, 1.82) is 0 Å². The van der Waals surface area contributed by atoms with E-state index in [0.717, 1.165) is 6.54 Å². The van der Waals surface area contributed by atoms with E-state index in [1.807, 2.05) is 6.08 Å². The first-order valence-corrected chi connectivity index (χ1v) is 5.48. The highest BCUT2D eigenvalue weighted by molar-refractivity contribution is 4.99. The van der Waals surface area contributed by atoms with Crippen molar-refractivity contribution in [3.63, 3.8) is 0 Å². The van der Waals surface area contributed by atoms with Gasteiger partial charge in [0.1, 0.15) is 0 Å². The molecule has 0 saturated carbocycles. The summed E-state index contributed by atoms with van der Waals surface area (Å²) in [5, 5.41) is 7.20. The Bertz CT molecular complexity index is 190. The van der Waals surface area contributed by atoms with Crippen LogP contribution in [0.2, 0.25) is 0 Å². The molecule has 0 aliphatic carbocycles. The van der Waals surface area contributed by atoms with Crippen LogP contribution < -0.4 is 10.6 Å². The molecule has 0 aromatic carbocycles. The van der Waals surface area contributed by atoms with Crippen LogP contribution in [0.4, 0.5) is 0 Å². The third-order valence-electron chi connectivity index (χ3n) is 2.74. The second-order valence-electron chi connectivity index (χ2n) is 5.69. The summed E-state index contributed by atoms with van der Waals surface area (Å²) in [5.41, 5.74) is 0.473. The summed E-state index contributed by atoms with van der Waals surface area (Å²) < 4.78 is 0.